The number of aromatic amines is 1. The number of para-hydroxylation sites is 1. The van der Waals surface area contributed by atoms with E-state index in [1.165, 1.54) is 18.0 Å². The molecule has 0 fully saturated rings. The first kappa shape index (κ1) is 18.3. The topological polar surface area (TPSA) is 102 Å². The van der Waals surface area contributed by atoms with Crippen LogP contribution in [0.2, 0.25) is 0 Å². The summed E-state index contributed by atoms with van der Waals surface area (Å²) >= 11 is 1.34. The van der Waals surface area contributed by atoms with Gasteiger partial charge in [0.1, 0.15) is 5.39 Å². The van der Waals surface area contributed by atoms with E-state index in [9.17, 15) is 4.79 Å². The Labute approximate surface area is 175 Å². The van der Waals surface area contributed by atoms with Crippen molar-refractivity contribution in [2.45, 2.75) is 17.3 Å². The van der Waals surface area contributed by atoms with Crippen LogP contribution in [0.5, 0.6) is 0 Å². The number of nitrogens with zero attached hydrogens (tertiary/aromatic N) is 5. The molecule has 0 amide bonds. The van der Waals surface area contributed by atoms with Gasteiger partial charge in [0.25, 0.3) is 5.56 Å². The molecule has 0 saturated heterocycles. The standard InChI is InChI=1S/C21H16N6O2S/c1-13(19-25-26-20(29-19)14-8-4-2-5-9-14)30-21-23-17-16(18(28)24-21)12-22-27(17)15-10-6-3-7-11-15/h2-13H,1H3,(H,23,24,28). The molecule has 5 aromatic rings. The molecule has 0 aliphatic carbocycles. The molecule has 0 spiro atoms. The zero-order chi connectivity index (χ0) is 20.5. The highest BCUT2D eigenvalue weighted by atomic mass is 32.2. The number of thioether (sulfide) groups is 1. The smallest absolute Gasteiger partial charge is 0.262 e. The predicted octanol–water partition coefficient (Wildman–Crippen LogP) is 4.01. The third-order valence-corrected chi connectivity index (χ3v) is 5.49. The predicted molar refractivity (Wildman–Crippen MR) is 113 cm³/mol. The highest BCUT2D eigenvalue weighted by Gasteiger charge is 2.19. The van der Waals surface area contributed by atoms with Crippen molar-refractivity contribution < 1.29 is 4.42 Å². The van der Waals surface area contributed by atoms with Crippen molar-refractivity contribution in [3.63, 3.8) is 0 Å². The van der Waals surface area contributed by atoms with Crippen molar-refractivity contribution in [1.29, 1.82) is 0 Å². The van der Waals surface area contributed by atoms with Crippen LogP contribution >= 0.6 is 11.8 Å². The summed E-state index contributed by atoms with van der Waals surface area (Å²) in [6.07, 6.45) is 1.52. The van der Waals surface area contributed by atoms with Crippen LogP contribution in [0, 0.1) is 0 Å². The minimum absolute atomic E-state index is 0.205. The maximum Gasteiger partial charge on any atom is 0.262 e. The first-order chi connectivity index (χ1) is 14.7. The van der Waals surface area contributed by atoms with Gasteiger partial charge in [-0.25, -0.2) is 9.67 Å². The van der Waals surface area contributed by atoms with Crippen molar-refractivity contribution in [2.24, 2.45) is 0 Å². The molecule has 1 atom stereocenters. The van der Waals surface area contributed by atoms with Gasteiger partial charge >= 0.3 is 0 Å². The van der Waals surface area contributed by atoms with Crippen LogP contribution < -0.4 is 5.56 Å². The molecule has 3 heterocycles. The number of hydrogen-bond acceptors (Lipinski definition) is 7. The van der Waals surface area contributed by atoms with Crippen LogP contribution in [-0.4, -0.2) is 29.9 Å². The fourth-order valence-electron chi connectivity index (χ4n) is 3.03. The molecule has 0 aliphatic heterocycles. The van der Waals surface area contributed by atoms with Gasteiger partial charge in [-0.15, -0.1) is 10.2 Å². The van der Waals surface area contributed by atoms with Crippen molar-refractivity contribution >= 4 is 22.8 Å². The Morgan fingerprint density at radius 3 is 2.53 bits per heavy atom. The number of fused-ring (bicyclic) bond motifs is 1. The van der Waals surface area contributed by atoms with Gasteiger partial charge in [-0.3, -0.25) is 4.79 Å². The molecule has 3 aromatic heterocycles. The minimum atomic E-state index is -0.243. The second-order valence-electron chi connectivity index (χ2n) is 6.57. The van der Waals surface area contributed by atoms with Crippen LogP contribution in [0.3, 0.4) is 0 Å². The lowest BCUT2D eigenvalue weighted by molar-refractivity contribution is 0.509. The minimum Gasteiger partial charge on any atom is -0.419 e. The first-order valence-electron chi connectivity index (χ1n) is 9.28. The lowest BCUT2D eigenvalue weighted by Gasteiger charge is -2.07. The van der Waals surface area contributed by atoms with Crippen molar-refractivity contribution in [1.82, 2.24) is 29.9 Å². The van der Waals surface area contributed by atoms with E-state index in [1.54, 1.807) is 4.68 Å². The van der Waals surface area contributed by atoms with Crippen molar-refractivity contribution in [3.05, 3.63) is 83.1 Å². The van der Waals surface area contributed by atoms with Crippen molar-refractivity contribution in [2.75, 3.05) is 0 Å². The molecular weight excluding hydrogens is 400 g/mol. The van der Waals surface area contributed by atoms with Crippen LogP contribution in [0.25, 0.3) is 28.2 Å². The second kappa shape index (κ2) is 7.60. The summed E-state index contributed by atoms with van der Waals surface area (Å²) in [5.41, 5.74) is 1.94. The fraction of sp³-hybridized carbons (Fsp3) is 0.0952. The lowest BCUT2D eigenvalue weighted by atomic mass is 10.2. The largest absolute Gasteiger partial charge is 0.419 e. The van der Waals surface area contributed by atoms with Gasteiger partial charge < -0.3 is 9.40 Å². The normalized spacial score (nSPS) is 12.3. The Balaban J connectivity index is 1.45. The van der Waals surface area contributed by atoms with Gasteiger partial charge in [0.15, 0.2) is 10.8 Å². The zero-order valence-electron chi connectivity index (χ0n) is 15.9. The Morgan fingerprint density at radius 1 is 1.03 bits per heavy atom. The van der Waals surface area contributed by atoms with E-state index in [0.717, 1.165) is 11.3 Å². The van der Waals surface area contributed by atoms with Crippen LogP contribution in [0.1, 0.15) is 18.1 Å². The average molecular weight is 416 g/mol. The third-order valence-electron chi connectivity index (χ3n) is 4.51. The SMILES string of the molecule is CC(Sc1nc2c(cnn2-c2ccccc2)c(=O)[nH]1)c1nnc(-c2ccccc2)o1. The maximum absolute atomic E-state index is 12.5. The molecule has 5 rings (SSSR count). The monoisotopic (exact) mass is 416 g/mol. The van der Waals surface area contributed by atoms with Gasteiger partial charge in [-0.1, -0.05) is 48.2 Å². The number of nitrogens with one attached hydrogen (secondary N) is 1. The van der Waals surface area contributed by atoms with E-state index in [-0.39, 0.29) is 10.8 Å². The van der Waals surface area contributed by atoms with Crippen molar-refractivity contribution in [3.8, 4) is 17.1 Å². The molecule has 9 heteroatoms. The van der Waals surface area contributed by atoms with Gasteiger partial charge in [0.05, 0.1) is 17.1 Å². The zero-order valence-corrected chi connectivity index (χ0v) is 16.7. The van der Waals surface area contributed by atoms with Crippen LogP contribution in [0.4, 0.5) is 0 Å². The highest BCUT2D eigenvalue weighted by molar-refractivity contribution is 7.99. The molecule has 148 valence electrons. The van der Waals surface area contributed by atoms with Crippen LogP contribution in [0.15, 0.2) is 81.2 Å². The third kappa shape index (κ3) is 3.39. The Kier molecular flexibility index (Phi) is 4.64. The molecular formula is C21H16N6O2S. The number of hydrogen-bond donors (Lipinski definition) is 1. The number of H-pyrrole nitrogens is 1. The molecule has 0 radical (unpaired) electrons. The van der Waals surface area contributed by atoms with Gasteiger partial charge in [-0.05, 0) is 31.2 Å². The van der Waals surface area contributed by atoms with E-state index in [0.29, 0.717) is 28.0 Å². The Hall–Kier alpha value is -3.72. The summed E-state index contributed by atoms with van der Waals surface area (Å²) < 4.78 is 7.47. The first-order valence-corrected chi connectivity index (χ1v) is 10.2. The van der Waals surface area contributed by atoms with Crippen LogP contribution in [-0.2, 0) is 0 Å². The summed E-state index contributed by atoms with van der Waals surface area (Å²) in [5, 5.41) is 13.3. The molecule has 1 N–H and O–H groups in total. The van der Waals surface area contributed by atoms with Gasteiger partial charge in [0.2, 0.25) is 11.8 Å². The molecule has 30 heavy (non-hydrogen) atoms. The quantitative estimate of drug-likeness (QED) is 0.341. The van der Waals surface area contributed by atoms with E-state index >= 15 is 0 Å². The number of benzene rings is 2. The molecule has 0 saturated carbocycles. The van der Waals surface area contributed by atoms with E-state index < -0.39 is 0 Å². The molecule has 0 bridgehead atoms. The molecule has 1 unspecified atom stereocenters. The lowest BCUT2D eigenvalue weighted by Crippen LogP contribution is -2.10. The maximum atomic E-state index is 12.5. The summed E-state index contributed by atoms with van der Waals surface area (Å²) in [7, 11) is 0. The van der Waals surface area contributed by atoms with E-state index in [2.05, 4.69) is 25.3 Å². The Bertz CT molecular complexity index is 1360. The molecule has 0 aliphatic rings. The summed E-state index contributed by atoms with van der Waals surface area (Å²) in [6, 6.07) is 19.1. The average Bonchev–Trinajstić information content (AvgIpc) is 3.43. The Morgan fingerprint density at radius 2 is 1.77 bits per heavy atom. The number of aromatic nitrogens is 6. The van der Waals surface area contributed by atoms with Gasteiger partial charge in [-0.2, -0.15) is 5.10 Å². The summed E-state index contributed by atoms with van der Waals surface area (Å²) in [5.74, 6) is 0.912. The van der Waals surface area contributed by atoms with Gasteiger partial charge in [0, 0.05) is 5.56 Å². The highest BCUT2D eigenvalue weighted by Crippen LogP contribution is 2.33. The van der Waals surface area contributed by atoms with E-state index in [1.807, 2.05) is 67.6 Å². The fourth-order valence-corrected chi connectivity index (χ4v) is 3.85. The summed E-state index contributed by atoms with van der Waals surface area (Å²) in [6.45, 7) is 1.92. The summed E-state index contributed by atoms with van der Waals surface area (Å²) in [4.78, 5) is 20.0. The second-order valence-corrected chi connectivity index (χ2v) is 7.90. The molecule has 8 nitrogen and oxygen atoms in total. The molecule has 2 aromatic carbocycles. The number of rotatable bonds is 5. The van der Waals surface area contributed by atoms with E-state index in [4.69, 9.17) is 4.42 Å².